The summed E-state index contributed by atoms with van der Waals surface area (Å²) in [7, 11) is -0.702. The van der Waals surface area contributed by atoms with Crippen molar-refractivity contribution in [3.63, 3.8) is 0 Å². The van der Waals surface area contributed by atoms with Crippen molar-refractivity contribution in [3.8, 4) is 44.5 Å². The van der Waals surface area contributed by atoms with Gasteiger partial charge in [0.2, 0.25) is 0 Å². The molecule has 0 nitrogen and oxygen atoms in total. The van der Waals surface area contributed by atoms with Crippen molar-refractivity contribution in [1.82, 2.24) is 0 Å². The Balaban J connectivity index is 1.33. The van der Waals surface area contributed by atoms with E-state index in [0.717, 1.165) is 0 Å². The van der Waals surface area contributed by atoms with Crippen LogP contribution in [0.25, 0.3) is 87.6 Å². The first kappa shape index (κ1) is 31.2. The lowest BCUT2D eigenvalue weighted by Gasteiger charge is -2.21. The first-order valence-electron chi connectivity index (χ1n) is 18.5. The zero-order chi connectivity index (χ0) is 35.1. The third-order valence-corrected chi connectivity index (χ3v) is 12.5. The lowest BCUT2D eigenvalue weighted by Crippen LogP contribution is -2.26. The van der Waals surface area contributed by atoms with Gasteiger partial charge in [0.1, 0.15) is 0 Å². The van der Waals surface area contributed by atoms with Gasteiger partial charge in [-0.2, -0.15) is 0 Å². The summed E-state index contributed by atoms with van der Waals surface area (Å²) in [6.45, 7) is 0. The van der Waals surface area contributed by atoms with Crippen LogP contribution in [0.2, 0.25) is 0 Å². The highest BCUT2D eigenvalue weighted by molar-refractivity contribution is 6.67. The molecular formula is C52H36Si. The molecule has 0 atom stereocenters. The zero-order valence-electron chi connectivity index (χ0n) is 29.3. The summed E-state index contributed by atoms with van der Waals surface area (Å²) in [6.07, 6.45) is 0. The second kappa shape index (κ2) is 13.2. The van der Waals surface area contributed by atoms with E-state index in [9.17, 15) is 0 Å². The van der Waals surface area contributed by atoms with E-state index in [-0.39, 0.29) is 0 Å². The number of hydrogen-bond donors (Lipinski definition) is 0. The highest BCUT2D eigenvalue weighted by atomic mass is 28.2. The van der Waals surface area contributed by atoms with E-state index in [1.165, 1.54) is 98.0 Å². The van der Waals surface area contributed by atoms with Crippen LogP contribution >= 0.6 is 0 Å². The zero-order valence-corrected chi connectivity index (χ0v) is 30.8. The quantitative estimate of drug-likeness (QED) is 0.0927. The van der Waals surface area contributed by atoms with Gasteiger partial charge in [-0.1, -0.05) is 192 Å². The number of fused-ring (bicyclic) bond motifs is 5. The molecule has 1 heteroatoms. The summed E-state index contributed by atoms with van der Waals surface area (Å²) in [5.41, 5.74) is 9.99. The van der Waals surface area contributed by atoms with E-state index in [1.54, 1.807) is 0 Å². The fraction of sp³-hybridized carbons (Fsp3) is 0. The first-order chi connectivity index (χ1) is 26.3. The van der Waals surface area contributed by atoms with Crippen LogP contribution in [0.4, 0.5) is 0 Å². The van der Waals surface area contributed by atoms with Crippen molar-refractivity contribution in [1.29, 1.82) is 0 Å². The fourth-order valence-electron chi connectivity index (χ4n) is 8.40. The number of hydrogen-bond acceptors (Lipinski definition) is 0. The van der Waals surface area contributed by atoms with Crippen LogP contribution < -0.4 is 10.4 Å². The van der Waals surface area contributed by atoms with Crippen LogP contribution in [0.1, 0.15) is 0 Å². The van der Waals surface area contributed by atoms with Crippen molar-refractivity contribution in [3.05, 3.63) is 206 Å². The summed E-state index contributed by atoms with van der Waals surface area (Å²) in [5.74, 6) is 0. The van der Waals surface area contributed by atoms with Gasteiger partial charge >= 0.3 is 0 Å². The Morgan fingerprint density at radius 1 is 0.245 bits per heavy atom. The van der Waals surface area contributed by atoms with Gasteiger partial charge in [-0.25, -0.2) is 0 Å². The second-order valence-electron chi connectivity index (χ2n) is 14.1. The summed E-state index contributed by atoms with van der Waals surface area (Å²) in [4.78, 5) is 0. The van der Waals surface area contributed by atoms with E-state index in [1.807, 2.05) is 0 Å². The Kier molecular flexibility index (Phi) is 7.78. The molecule has 10 aromatic rings. The summed E-state index contributed by atoms with van der Waals surface area (Å²) >= 11 is 0. The van der Waals surface area contributed by atoms with Crippen LogP contribution in [0.5, 0.6) is 0 Å². The van der Waals surface area contributed by atoms with Gasteiger partial charge in [0, 0.05) is 0 Å². The van der Waals surface area contributed by atoms with Crippen molar-refractivity contribution in [2.45, 2.75) is 0 Å². The molecule has 0 unspecified atom stereocenters. The van der Waals surface area contributed by atoms with Crippen LogP contribution in [0.3, 0.4) is 0 Å². The van der Waals surface area contributed by atoms with Gasteiger partial charge in [-0.3, -0.25) is 0 Å². The van der Waals surface area contributed by atoms with E-state index < -0.39 is 9.52 Å². The SMILES string of the molecule is c1ccc([SiH2]c2ccc3c(-c4cc(-c5ccccc5)cc(-c5ccccc5)c4)c4ccccc4c(-c4cc5ccccc5c5ccccc45)c3c2)cc1. The Labute approximate surface area is 312 Å². The molecular weight excluding hydrogens is 653 g/mol. The van der Waals surface area contributed by atoms with Gasteiger partial charge in [0.15, 0.2) is 0 Å². The molecule has 0 saturated heterocycles. The molecule has 248 valence electrons. The normalized spacial score (nSPS) is 11.7. The molecule has 0 aromatic heterocycles. The highest BCUT2D eigenvalue weighted by Crippen LogP contribution is 2.47. The van der Waals surface area contributed by atoms with Crippen molar-refractivity contribution >= 4 is 63.0 Å². The molecule has 10 rings (SSSR count). The van der Waals surface area contributed by atoms with Crippen LogP contribution in [0.15, 0.2) is 206 Å². The molecule has 0 N–H and O–H groups in total. The molecule has 0 fully saturated rings. The van der Waals surface area contributed by atoms with Crippen LogP contribution in [-0.2, 0) is 0 Å². The maximum Gasteiger partial charge on any atom is 0.0875 e. The smallest absolute Gasteiger partial charge is 0.0633 e. The molecule has 0 amide bonds. The minimum Gasteiger partial charge on any atom is -0.0633 e. The molecule has 0 saturated carbocycles. The molecule has 0 aliphatic carbocycles. The maximum absolute atomic E-state index is 2.53. The van der Waals surface area contributed by atoms with Gasteiger partial charge in [0.25, 0.3) is 0 Å². The molecule has 0 radical (unpaired) electrons. The maximum atomic E-state index is 2.53. The number of benzene rings is 10. The monoisotopic (exact) mass is 688 g/mol. The van der Waals surface area contributed by atoms with E-state index in [4.69, 9.17) is 0 Å². The number of rotatable bonds is 6. The third kappa shape index (κ3) is 5.63. The second-order valence-corrected chi connectivity index (χ2v) is 16.0. The largest absolute Gasteiger partial charge is 0.0875 e. The average molecular weight is 689 g/mol. The van der Waals surface area contributed by atoms with Crippen LogP contribution in [-0.4, -0.2) is 9.52 Å². The molecule has 53 heavy (non-hydrogen) atoms. The van der Waals surface area contributed by atoms with Crippen molar-refractivity contribution in [2.24, 2.45) is 0 Å². The fourth-order valence-corrected chi connectivity index (χ4v) is 9.92. The average Bonchev–Trinajstić information content (AvgIpc) is 3.23. The minimum atomic E-state index is -0.702. The predicted octanol–water partition coefficient (Wildman–Crippen LogP) is 12.1. The van der Waals surface area contributed by atoms with Gasteiger partial charge < -0.3 is 0 Å². The Hall–Kier alpha value is -6.54. The molecule has 0 aliphatic heterocycles. The molecule has 0 heterocycles. The first-order valence-corrected chi connectivity index (χ1v) is 19.9. The Morgan fingerprint density at radius 3 is 1.40 bits per heavy atom. The molecule has 0 bridgehead atoms. The van der Waals surface area contributed by atoms with E-state index >= 15 is 0 Å². The Bertz CT molecular complexity index is 2890. The van der Waals surface area contributed by atoms with Crippen molar-refractivity contribution in [2.75, 3.05) is 0 Å². The van der Waals surface area contributed by atoms with Gasteiger partial charge in [0.05, 0.1) is 9.52 Å². The highest BCUT2D eigenvalue weighted by Gasteiger charge is 2.20. The topological polar surface area (TPSA) is 0 Å². The minimum absolute atomic E-state index is 0.702. The molecule has 10 aromatic carbocycles. The summed E-state index contributed by atoms with van der Waals surface area (Å²) in [6, 6.07) is 76.5. The Morgan fingerprint density at radius 2 is 0.736 bits per heavy atom. The summed E-state index contributed by atoms with van der Waals surface area (Å²) < 4.78 is 0. The molecule has 0 spiro atoms. The van der Waals surface area contributed by atoms with Gasteiger partial charge in [-0.05, 0) is 112 Å². The lowest BCUT2D eigenvalue weighted by atomic mass is 9.83. The standard InChI is InChI=1S/C52H36Si/c1-4-16-35(17-5-1)38-30-39(36-18-6-2-7-19-36)32-40(31-38)51-46-26-14-15-27-47(46)52(50-34-42(28-29-48(50)51)53-41-21-8-3-9-22-41)49-33-37-20-10-11-23-43(37)44-24-12-13-25-45(44)49/h1-34H,53H2. The predicted molar refractivity (Wildman–Crippen MR) is 232 cm³/mol. The summed E-state index contributed by atoms with van der Waals surface area (Å²) in [5, 5.41) is 13.2. The third-order valence-electron chi connectivity index (χ3n) is 10.8. The van der Waals surface area contributed by atoms with Gasteiger partial charge in [-0.15, -0.1) is 0 Å². The lowest BCUT2D eigenvalue weighted by molar-refractivity contribution is 1.58. The van der Waals surface area contributed by atoms with E-state index in [2.05, 4.69) is 206 Å². The van der Waals surface area contributed by atoms with Crippen molar-refractivity contribution < 1.29 is 0 Å². The van der Waals surface area contributed by atoms with E-state index in [0.29, 0.717) is 0 Å². The van der Waals surface area contributed by atoms with Crippen LogP contribution in [0, 0.1) is 0 Å². The molecule has 0 aliphatic rings.